The van der Waals surface area contributed by atoms with E-state index in [1.54, 1.807) is 55.5 Å². The lowest BCUT2D eigenvalue weighted by atomic mass is 10.2. The van der Waals surface area contributed by atoms with Crippen LogP contribution in [0.2, 0.25) is 0 Å². The van der Waals surface area contributed by atoms with Crippen molar-refractivity contribution in [3.63, 3.8) is 0 Å². The van der Waals surface area contributed by atoms with Crippen LogP contribution in [-0.4, -0.2) is 18.5 Å². The highest BCUT2D eigenvalue weighted by atomic mass is 16.5. The first-order chi connectivity index (χ1) is 11.6. The predicted octanol–water partition coefficient (Wildman–Crippen LogP) is 4.04. The number of amides is 1. The summed E-state index contributed by atoms with van der Waals surface area (Å²) in [5, 5.41) is 2.73. The normalized spacial score (nSPS) is 10.1. The van der Waals surface area contributed by atoms with Crippen molar-refractivity contribution < 1.29 is 19.1 Å². The van der Waals surface area contributed by atoms with Crippen LogP contribution >= 0.6 is 0 Å². The van der Waals surface area contributed by atoms with Gasteiger partial charge in [-0.25, -0.2) is 4.79 Å². The largest absolute Gasteiger partial charge is 0.494 e. The maximum atomic E-state index is 12.3. The summed E-state index contributed by atoms with van der Waals surface area (Å²) in [6, 6.07) is 13.6. The topological polar surface area (TPSA) is 64.6 Å². The first-order valence-electron chi connectivity index (χ1n) is 7.97. The third-order valence-electron chi connectivity index (χ3n) is 3.19. The summed E-state index contributed by atoms with van der Waals surface area (Å²) >= 11 is 0. The summed E-state index contributed by atoms with van der Waals surface area (Å²) in [6.45, 7) is 4.38. The van der Waals surface area contributed by atoms with Crippen LogP contribution in [0, 0.1) is 0 Å². The lowest BCUT2D eigenvalue weighted by Crippen LogP contribution is -2.11. The Bertz CT molecular complexity index is 712. The van der Waals surface area contributed by atoms with Gasteiger partial charge in [-0.15, -0.1) is 0 Å². The molecule has 0 heterocycles. The number of nitrogens with one attached hydrogen (secondary N) is 1. The van der Waals surface area contributed by atoms with E-state index in [1.807, 2.05) is 6.92 Å². The minimum atomic E-state index is -0.476. The Labute approximate surface area is 141 Å². The number of carbonyl (C=O) groups is 2. The smallest absolute Gasteiger partial charge is 0.343 e. The second kappa shape index (κ2) is 8.72. The third-order valence-corrected chi connectivity index (χ3v) is 3.19. The number of hydrogen-bond donors (Lipinski definition) is 1. The van der Waals surface area contributed by atoms with Gasteiger partial charge in [-0.05, 0) is 36.8 Å². The van der Waals surface area contributed by atoms with Crippen LogP contribution in [0.1, 0.15) is 37.0 Å². The van der Waals surface area contributed by atoms with E-state index in [0.717, 1.165) is 6.42 Å². The molecular weight excluding hydrogens is 306 g/mol. The van der Waals surface area contributed by atoms with Crippen molar-refractivity contribution in [3.8, 4) is 11.5 Å². The number of ether oxygens (including phenoxy) is 2. The van der Waals surface area contributed by atoms with E-state index in [9.17, 15) is 9.59 Å². The zero-order chi connectivity index (χ0) is 17.4. The van der Waals surface area contributed by atoms with Crippen molar-refractivity contribution in [1.82, 2.24) is 0 Å². The molecule has 0 aliphatic heterocycles. The molecule has 2 aromatic rings. The minimum Gasteiger partial charge on any atom is -0.494 e. The van der Waals surface area contributed by atoms with Crippen LogP contribution in [0.25, 0.3) is 0 Å². The number of anilines is 1. The summed E-state index contributed by atoms with van der Waals surface area (Å²) in [5.74, 6) is 0.430. The molecule has 0 radical (unpaired) electrons. The third kappa shape index (κ3) is 5.12. The molecule has 0 spiro atoms. The second-order valence-corrected chi connectivity index (χ2v) is 5.20. The summed E-state index contributed by atoms with van der Waals surface area (Å²) in [5.41, 5.74) is 0.999. The molecule has 0 atom stereocenters. The quantitative estimate of drug-likeness (QED) is 0.615. The lowest BCUT2D eigenvalue weighted by Gasteiger charge is -2.09. The van der Waals surface area contributed by atoms with Crippen molar-refractivity contribution in [3.05, 3.63) is 54.1 Å². The van der Waals surface area contributed by atoms with Gasteiger partial charge in [-0.1, -0.05) is 26.0 Å². The monoisotopic (exact) mass is 327 g/mol. The molecule has 0 saturated carbocycles. The molecule has 0 aliphatic carbocycles. The molecule has 2 rings (SSSR count). The summed E-state index contributed by atoms with van der Waals surface area (Å²) in [6.07, 6.45) is 1.28. The lowest BCUT2D eigenvalue weighted by molar-refractivity contribution is -0.115. The molecule has 24 heavy (non-hydrogen) atoms. The highest BCUT2D eigenvalue weighted by Gasteiger charge is 2.10. The highest BCUT2D eigenvalue weighted by molar-refractivity contribution is 5.92. The molecule has 0 aliphatic rings. The number of hydrogen-bond acceptors (Lipinski definition) is 4. The Morgan fingerprint density at radius 1 is 1.00 bits per heavy atom. The van der Waals surface area contributed by atoms with Gasteiger partial charge in [0.1, 0.15) is 11.5 Å². The molecule has 0 unspecified atom stereocenters. The maximum absolute atomic E-state index is 12.3. The highest BCUT2D eigenvalue weighted by Crippen LogP contribution is 2.20. The molecule has 0 fully saturated rings. The Balaban J connectivity index is 2.06. The Kier molecular flexibility index (Phi) is 6.37. The predicted molar refractivity (Wildman–Crippen MR) is 92.5 cm³/mol. The van der Waals surface area contributed by atoms with Crippen LogP contribution in [0.3, 0.4) is 0 Å². The fraction of sp³-hybridized carbons (Fsp3) is 0.263. The standard InChI is InChI=1S/C19H21NO4/c1-3-11-23-16-9-5-7-14(12-16)19(22)24-17-10-6-8-15(13-17)20-18(21)4-2/h5-10,12-13H,3-4,11H2,1-2H3,(H,20,21). The van der Waals surface area contributed by atoms with Crippen LogP contribution in [0.15, 0.2) is 48.5 Å². The van der Waals surface area contributed by atoms with E-state index in [0.29, 0.717) is 35.8 Å². The molecule has 1 amide bonds. The van der Waals surface area contributed by atoms with Gasteiger partial charge >= 0.3 is 5.97 Å². The van der Waals surface area contributed by atoms with E-state index >= 15 is 0 Å². The first-order valence-corrected chi connectivity index (χ1v) is 7.97. The van der Waals surface area contributed by atoms with Crippen molar-refractivity contribution in [2.24, 2.45) is 0 Å². The average Bonchev–Trinajstić information content (AvgIpc) is 2.60. The van der Waals surface area contributed by atoms with Crippen molar-refractivity contribution >= 4 is 17.6 Å². The average molecular weight is 327 g/mol. The summed E-state index contributed by atoms with van der Waals surface area (Å²) < 4.78 is 10.9. The Morgan fingerprint density at radius 2 is 1.75 bits per heavy atom. The van der Waals surface area contributed by atoms with Gasteiger partial charge in [-0.2, -0.15) is 0 Å². The van der Waals surface area contributed by atoms with Gasteiger partial charge in [0.15, 0.2) is 0 Å². The summed E-state index contributed by atoms with van der Waals surface area (Å²) in [7, 11) is 0. The number of esters is 1. The Hall–Kier alpha value is -2.82. The second-order valence-electron chi connectivity index (χ2n) is 5.20. The molecule has 0 aromatic heterocycles. The zero-order valence-corrected chi connectivity index (χ0v) is 13.9. The fourth-order valence-electron chi connectivity index (χ4n) is 1.99. The van der Waals surface area contributed by atoms with Crippen molar-refractivity contribution in [1.29, 1.82) is 0 Å². The first kappa shape index (κ1) is 17.5. The molecule has 126 valence electrons. The van der Waals surface area contributed by atoms with E-state index in [1.165, 1.54) is 0 Å². The van der Waals surface area contributed by atoms with Crippen LogP contribution in [0.5, 0.6) is 11.5 Å². The van der Waals surface area contributed by atoms with Gasteiger partial charge in [0.2, 0.25) is 5.91 Å². The summed E-state index contributed by atoms with van der Waals surface area (Å²) in [4.78, 5) is 23.7. The van der Waals surface area contributed by atoms with E-state index in [-0.39, 0.29) is 5.91 Å². The van der Waals surface area contributed by atoms with Gasteiger partial charge in [-0.3, -0.25) is 4.79 Å². The molecule has 1 N–H and O–H groups in total. The van der Waals surface area contributed by atoms with Crippen LogP contribution in [0.4, 0.5) is 5.69 Å². The Morgan fingerprint density at radius 3 is 2.50 bits per heavy atom. The van der Waals surface area contributed by atoms with Gasteiger partial charge in [0, 0.05) is 18.2 Å². The van der Waals surface area contributed by atoms with E-state index in [4.69, 9.17) is 9.47 Å². The maximum Gasteiger partial charge on any atom is 0.343 e. The molecule has 0 bridgehead atoms. The van der Waals surface area contributed by atoms with Crippen molar-refractivity contribution in [2.75, 3.05) is 11.9 Å². The molecule has 2 aromatic carbocycles. The molecular formula is C19H21NO4. The van der Waals surface area contributed by atoms with E-state index in [2.05, 4.69) is 5.32 Å². The van der Waals surface area contributed by atoms with Gasteiger partial charge in [0.05, 0.1) is 12.2 Å². The minimum absolute atomic E-state index is 0.0979. The molecule has 5 nitrogen and oxygen atoms in total. The van der Waals surface area contributed by atoms with Gasteiger partial charge < -0.3 is 14.8 Å². The van der Waals surface area contributed by atoms with Crippen molar-refractivity contribution in [2.45, 2.75) is 26.7 Å². The van der Waals surface area contributed by atoms with E-state index < -0.39 is 5.97 Å². The molecule has 5 heteroatoms. The number of benzene rings is 2. The zero-order valence-electron chi connectivity index (χ0n) is 13.9. The molecule has 0 saturated heterocycles. The van der Waals surface area contributed by atoms with Crippen LogP contribution < -0.4 is 14.8 Å². The number of carbonyl (C=O) groups excluding carboxylic acids is 2. The van der Waals surface area contributed by atoms with Gasteiger partial charge in [0.25, 0.3) is 0 Å². The van der Waals surface area contributed by atoms with Crippen LogP contribution in [-0.2, 0) is 4.79 Å². The number of rotatable bonds is 7. The fourth-order valence-corrected chi connectivity index (χ4v) is 1.99. The SMILES string of the molecule is CCCOc1cccc(C(=O)Oc2cccc(NC(=O)CC)c2)c1.